The molecule has 2 rings (SSSR count). The maximum absolute atomic E-state index is 11.2. The number of anilines is 2. The lowest BCUT2D eigenvalue weighted by Gasteiger charge is -2.10. The molecule has 1 aromatic carbocycles. The number of carbonyl (C=O) groups is 1. The Labute approximate surface area is 122 Å². The van der Waals surface area contributed by atoms with Gasteiger partial charge in [-0.25, -0.2) is 9.78 Å². The number of aromatic nitrogens is 2. The summed E-state index contributed by atoms with van der Waals surface area (Å²) in [5.41, 5.74) is 0.652. The third kappa shape index (κ3) is 4.17. The van der Waals surface area contributed by atoms with E-state index in [0.717, 1.165) is 0 Å². The van der Waals surface area contributed by atoms with Gasteiger partial charge in [-0.15, -0.1) is 0 Å². The zero-order valence-corrected chi connectivity index (χ0v) is 11.9. The molecule has 2 N–H and O–H groups in total. The average molecular weight is 287 g/mol. The molecule has 0 amide bonds. The van der Waals surface area contributed by atoms with Crippen molar-refractivity contribution in [3.8, 4) is 6.01 Å². The van der Waals surface area contributed by atoms with Crippen molar-refractivity contribution in [3.05, 3.63) is 42.1 Å². The van der Waals surface area contributed by atoms with Crippen LogP contribution in [0.3, 0.4) is 0 Å². The van der Waals surface area contributed by atoms with Crippen molar-refractivity contribution in [2.24, 2.45) is 5.92 Å². The van der Waals surface area contributed by atoms with Crippen molar-refractivity contribution in [1.82, 2.24) is 9.97 Å². The topological polar surface area (TPSA) is 84.3 Å². The van der Waals surface area contributed by atoms with Crippen LogP contribution in [-0.4, -0.2) is 27.7 Å². The smallest absolute Gasteiger partial charge is 0.337 e. The molecule has 0 spiro atoms. The van der Waals surface area contributed by atoms with Gasteiger partial charge in [0.2, 0.25) is 0 Å². The van der Waals surface area contributed by atoms with Crippen LogP contribution in [0.15, 0.2) is 36.5 Å². The minimum Gasteiger partial charge on any atom is -0.478 e. The van der Waals surface area contributed by atoms with Crippen LogP contribution < -0.4 is 10.1 Å². The molecule has 0 radical (unpaired) electrons. The molecule has 2 aromatic rings. The van der Waals surface area contributed by atoms with E-state index in [2.05, 4.69) is 15.3 Å². The van der Waals surface area contributed by atoms with E-state index >= 15 is 0 Å². The second kappa shape index (κ2) is 6.69. The first-order valence-corrected chi connectivity index (χ1v) is 6.61. The Kier molecular flexibility index (Phi) is 4.71. The van der Waals surface area contributed by atoms with Crippen LogP contribution in [-0.2, 0) is 0 Å². The molecule has 0 aliphatic heterocycles. The van der Waals surface area contributed by atoms with Crippen molar-refractivity contribution in [3.63, 3.8) is 0 Å². The van der Waals surface area contributed by atoms with Gasteiger partial charge in [-0.1, -0.05) is 26.0 Å². The molecule has 0 fully saturated rings. The van der Waals surface area contributed by atoms with Gasteiger partial charge in [0.05, 0.1) is 17.9 Å². The number of para-hydroxylation sites is 1. The molecule has 0 saturated heterocycles. The lowest BCUT2D eigenvalue weighted by molar-refractivity contribution is 0.0698. The van der Waals surface area contributed by atoms with Gasteiger partial charge in [-0.2, -0.15) is 4.98 Å². The third-order valence-electron chi connectivity index (χ3n) is 2.60. The number of hydrogen-bond donors (Lipinski definition) is 2. The number of carboxylic acids is 1. The van der Waals surface area contributed by atoms with Crippen LogP contribution in [0.1, 0.15) is 24.2 Å². The molecule has 0 bridgehead atoms. The zero-order valence-electron chi connectivity index (χ0n) is 11.9. The fraction of sp³-hybridized carbons (Fsp3) is 0.267. The Morgan fingerprint density at radius 3 is 2.81 bits per heavy atom. The monoisotopic (exact) mass is 287 g/mol. The predicted octanol–water partition coefficient (Wildman–Crippen LogP) is 2.95. The maximum Gasteiger partial charge on any atom is 0.337 e. The Bertz CT molecular complexity index is 629. The molecule has 6 nitrogen and oxygen atoms in total. The van der Waals surface area contributed by atoms with Crippen molar-refractivity contribution in [2.45, 2.75) is 13.8 Å². The van der Waals surface area contributed by atoms with E-state index in [1.54, 1.807) is 30.5 Å². The van der Waals surface area contributed by atoms with Crippen LogP contribution in [0.4, 0.5) is 11.5 Å². The summed E-state index contributed by atoms with van der Waals surface area (Å²) in [6, 6.07) is 8.56. The minimum absolute atomic E-state index is 0.181. The quantitative estimate of drug-likeness (QED) is 0.849. The van der Waals surface area contributed by atoms with Gasteiger partial charge >= 0.3 is 12.0 Å². The Hall–Kier alpha value is -2.63. The molecule has 0 unspecified atom stereocenters. The van der Waals surface area contributed by atoms with E-state index in [-0.39, 0.29) is 11.6 Å². The fourth-order valence-corrected chi connectivity index (χ4v) is 1.64. The molecular weight excluding hydrogens is 270 g/mol. The lowest BCUT2D eigenvalue weighted by atomic mass is 10.2. The van der Waals surface area contributed by atoms with Crippen LogP contribution in [0.2, 0.25) is 0 Å². The van der Waals surface area contributed by atoms with Crippen LogP contribution >= 0.6 is 0 Å². The summed E-state index contributed by atoms with van der Waals surface area (Å²) in [5.74, 6) is -0.140. The van der Waals surface area contributed by atoms with Crippen LogP contribution in [0.25, 0.3) is 0 Å². The number of benzene rings is 1. The van der Waals surface area contributed by atoms with Gasteiger partial charge < -0.3 is 15.2 Å². The highest BCUT2D eigenvalue weighted by Crippen LogP contribution is 2.20. The van der Waals surface area contributed by atoms with E-state index in [0.29, 0.717) is 24.0 Å². The number of aromatic carboxylic acids is 1. The van der Waals surface area contributed by atoms with Gasteiger partial charge in [0.1, 0.15) is 5.82 Å². The van der Waals surface area contributed by atoms with Crippen molar-refractivity contribution < 1.29 is 14.6 Å². The number of rotatable bonds is 6. The summed E-state index contributed by atoms with van der Waals surface area (Å²) in [6.07, 6.45) is 1.56. The first-order valence-electron chi connectivity index (χ1n) is 6.61. The largest absolute Gasteiger partial charge is 0.478 e. The summed E-state index contributed by atoms with van der Waals surface area (Å²) in [7, 11) is 0. The maximum atomic E-state index is 11.2. The van der Waals surface area contributed by atoms with Gasteiger partial charge in [0.15, 0.2) is 0 Å². The zero-order chi connectivity index (χ0) is 15.2. The molecular formula is C15H17N3O3. The molecule has 0 saturated carbocycles. The van der Waals surface area contributed by atoms with E-state index < -0.39 is 5.97 Å². The SMILES string of the molecule is CC(C)COc1nccc(Nc2ccccc2C(=O)O)n1. The minimum atomic E-state index is -0.997. The molecule has 1 aromatic heterocycles. The van der Waals surface area contributed by atoms with E-state index in [1.807, 2.05) is 13.8 Å². The van der Waals surface area contributed by atoms with Crippen LogP contribution in [0, 0.1) is 5.92 Å². The summed E-state index contributed by atoms with van der Waals surface area (Å²) in [4.78, 5) is 19.4. The highest BCUT2D eigenvalue weighted by atomic mass is 16.5. The summed E-state index contributed by atoms with van der Waals surface area (Å²) in [5, 5.41) is 12.1. The predicted molar refractivity (Wildman–Crippen MR) is 79.0 cm³/mol. The first-order chi connectivity index (χ1) is 10.1. The van der Waals surface area contributed by atoms with E-state index in [1.165, 1.54) is 6.07 Å². The Morgan fingerprint density at radius 1 is 1.33 bits per heavy atom. The van der Waals surface area contributed by atoms with E-state index in [4.69, 9.17) is 9.84 Å². The molecule has 1 heterocycles. The number of hydrogen-bond acceptors (Lipinski definition) is 5. The van der Waals surface area contributed by atoms with Crippen molar-refractivity contribution >= 4 is 17.5 Å². The lowest BCUT2D eigenvalue weighted by Crippen LogP contribution is -2.08. The van der Waals surface area contributed by atoms with Gasteiger partial charge in [0.25, 0.3) is 0 Å². The standard InChI is InChI=1S/C15H17N3O3/c1-10(2)9-21-15-16-8-7-13(18-15)17-12-6-4-3-5-11(12)14(19)20/h3-8,10H,9H2,1-2H3,(H,19,20)(H,16,17,18). The third-order valence-corrected chi connectivity index (χ3v) is 2.60. The van der Waals surface area contributed by atoms with Crippen molar-refractivity contribution in [1.29, 1.82) is 0 Å². The average Bonchev–Trinajstić information content (AvgIpc) is 2.46. The fourth-order valence-electron chi connectivity index (χ4n) is 1.64. The molecule has 21 heavy (non-hydrogen) atoms. The highest BCUT2D eigenvalue weighted by molar-refractivity contribution is 5.94. The number of nitrogens with zero attached hydrogens (tertiary/aromatic N) is 2. The molecule has 0 aliphatic carbocycles. The molecule has 6 heteroatoms. The highest BCUT2D eigenvalue weighted by Gasteiger charge is 2.10. The molecule has 0 atom stereocenters. The number of carboxylic acid groups (broad SMARTS) is 1. The Morgan fingerprint density at radius 2 is 2.10 bits per heavy atom. The van der Waals surface area contributed by atoms with Gasteiger partial charge in [0, 0.05) is 6.20 Å². The number of nitrogens with one attached hydrogen (secondary N) is 1. The molecule has 0 aliphatic rings. The van der Waals surface area contributed by atoms with E-state index in [9.17, 15) is 4.79 Å². The van der Waals surface area contributed by atoms with Crippen LogP contribution in [0.5, 0.6) is 6.01 Å². The summed E-state index contributed by atoms with van der Waals surface area (Å²) < 4.78 is 5.44. The second-order valence-electron chi connectivity index (χ2n) is 4.91. The Balaban J connectivity index is 2.16. The second-order valence-corrected chi connectivity index (χ2v) is 4.91. The summed E-state index contributed by atoms with van der Waals surface area (Å²) >= 11 is 0. The summed E-state index contributed by atoms with van der Waals surface area (Å²) in [6.45, 7) is 4.59. The van der Waals surface area contributed by atoms with Crippen molar-refractivity contribution in [2.75, 3.05) is 11.9 Å². The van der Waals surface area contributed by atoms with Gasteiger partial charge in [-0.05, 0) is 24.1 Å². The number of ether oxygens (including phenoxy) is 1. The first kappa shape index (κ1) is 14.8. The van der Waals surface area contributed by atoms with Gasteiger partial charge in [-0.3, -0.25) is 0 Å². The molecule has 110 valence electrons. The normalized spacial score (nSPS) is 10.4.